The molecule has 0 atom stereocenters. The van der Waals surface area contributed by atoms with Crippen LogP contribution in [0.1, 0.15) is 27.9 Å². The SMILES string of the molecule is N#Cc1ccc(OCCOC(=O)c2ccc(S(=O)(=O)N3CCCc4ccccc43)cc2)cc1. The van der Waals surface area contributed by atoms with E-state index in [-0.39, 0.29) is 23.7 Å². The molecule has 0 saturated heterocycles. The lowest BCUT2D eigenvalue weighted by Crippen LogP contribution is -2.35. The third-order valence-corrected chi connectivity index (χ3v) is 7.14. The van der Waals surface area contributed by atoms with Crippen LogP contribution in [0.2, 0.25) is 0 Å². The quantitative estimate of drug-likeness (QED) is 0.390. The summed E-state index contributed by atoms with van der Waals surface area (Å²) in [5, 5.41) is 8.80. The summed E-state index contributed by atoms with van der Waals surface area (Å²) in [4.78, 5) is 12.4. The van der Waals surface area contributed by atoms with Gasteiger partial charge >= 0.3 is 5.97 Å². The fraction of sp³-hybridized carbons (Fsp3) is 0.200. The summed E-state index contributed by atoms with van der Waals surface area (Å²) in [7, 11) is -3.73. The van der Waals surface area contributed by atoms with E-state index in [9.17, 15) is 13.2 Å². The number of carbonyl (C=O) groups is 1. The molecule has 1 aliphatic rings. The molecule has 3 aromatic rings. The lowest BCUT2D eigenvalue weighted by Gasteiger charge is -2.30. The van der Waals surface area contributed by atoms with Crippen molar-refractivity contribution in [2.75, 3.05) is 24.1 Å². The molecule has 0 radical (unpaired) electrons. The molecule has 8 heteroatoms. The standard InChI is InChI=1S/C25H22N2O5S/c26-18-19-7-11-22(12-8-19)31-16-17-32-25(28)21-9-13-23(14-10-21)33(29,30)27-15-3-5-20-4-1-2-6-24(20)27/h1-2,4,6-14H,3,5,15-17H2. The van der Waals surface area contributed by atoms with Crippen molar-refractivity contribution >= 4 is 21.7 Å². The van der Waals surface area contributed by atoms with Gasteiger partial charge < -0.3 is 9.47 Å². The van der Waals surface area contributed by atoms with Gasteiger partial charge in [0.1, 0.15) is 19.0 Å². The van der Waals surface area contributed by atoms with Gasteiger partial charge in [-0.15, -0.1) is 0 Å². The Hall–Kier alpha value is -3.83. The molecule has 0 aromatic heterocycles. The number of nitriles is 1. The molecule has 4 rings (SSSR count). The molecular formula is C25H22N2O5S. The Morgan fingerprint density at radius 3 is 2.42 bits per heavy atom. The number of nitrogens with zero attached hydrogens (tertiary/aromatic N) is 2. The Kier molecular flexibility index (Phi) is 6.61. The van der Waals surface area contributed by atoms with Gasteiger partial charge in [-0.05, 0) is 73.0 Å². The first-order chi connectivity index (χ1) is 16.0. The average molecular weight is 463 g/mol. The third-order valence-electron chi connectivity index (χ3n) is 5.31. The summed E-state index contributed by atoms with van der Waals surface area (Å²) in [5.41, 5.74) is 2.50. The zero-order valence-electron chi connectivity index (χ0n) is 17.8. The second kappa shape index (κ2) is 9.76. The minimum absolute atomic E-state index is 0.0312. The van der Waals surface area contributed by atoms with Crippen molar-refractivity contribution in [3.05, 3.63) is 89.5 Å². The highest BCUT2D eigenvalue weighted by molar-refractivity contribution is 7.92. The summed E-state index contributed by atoms with van der Waals surface area (Å²) < 4.78 is 38.5. The summed E-state index contributed by atoms with van der Waals surface area (Å²) in [6.45, 7) is 0.601. The fourth-order valence-corrected chi connectivity index (χ4v) is 5.18. The van der Waals surface area contributed by atoms with Gasteiger partial charge in [0.25, 0.3) is 10.0 Å². The van der Waals surface area contributed by atoms with Crippen LogP contribution in [0.5, 0.6) is 5.75 Å². The van der Waals surface area contributed by atoms with Crippen LogP contribution in [-0.4, -0.2) is 34.1 Å². The van der Waals surface area contributed by atoms with E-state index in [2.05, 4.69) is 0 Å². The van der Waals surface area contributed by atoms with E-state index in [1.54, 1.807) is 24.3 Å². The zero-order valence-corrected chi connectivity index (χ0v) is 18.6. The van der Waals surface area contributed by atoms with Crippen LogP contribution in [0.25, 0.3) is 0 Å². The molecule has 0 unspecified atom stereocenters. The topological polar surface area (TPSA) is 96.7 Å². The Labute approximate surface area is 192 Å². The first-order valence-corrected chi connectivity index (χ1v) is 11.9. The van der Waals surface area contributed by atoms with Crippen LogP contribution in [0, 0.1) is 11.3 Å². The molecule has 0 spiro atoms. The van der Waals surface area contributed by atoms with Crippen molar-refractivity contribution in [2.24, 2.45) is 0 Å². The van der Waals surface area contributed by atoms with Gasteiger partial charge in [0.2, 0.25) is 0 Å². The third kappa shape index (κ3) is 4.99. The molecule has 7 nitrogen and oxygen atoms in total. The van der Waals surface area contributed by atoms with E-state index in [0.717, 1.165) is 18.4 Å². The number of sulfonamides is 1. The van der Waals surface area contributed by atoms with Crippen molar-refractivity contribution < 1.29 is 22.7 Å². The van der Waals surface area contributed by atoms with Crippen molar-refractivity contribution in [3.8, 4) is 11.8 Å². The second-order valence-corrected chi connectivity index (χ2v) is 9.32. The number of esters is 1. The number of fused-ring (bicyclic) bond motifs is 1. The minimum Gasteiger partial charge on any atom is -0.490 e. The van der Waals surface area contributed by atoms with Crippen molar-refractivity contribution in [2.45, 2.75) is 17.7 Å². The number of aryl methyl sites for hydroxylation is 1. The smallest absolute Gasteiger partial charge is 0.338 e. The van der Waals surface area contributed by atoms with Crippen LogP contribution >= 0.6 is 0 Å². The molecule has 0 saturated carbocycles. The molecule has 1 heterocycles. The monoisotopic (exact) mass is 462 g/mol. The summed E-state index contributed by atoms with van der Waals surface area (Å²) in [6.07, 6.45) is 1.60. The van der Waals surface area contributed by atoms with Gasteiger partial charge in [-0.3, -0.25) is 4.31 Å². The summed E-state index contributed by atoms with van der Waals surface area (Å²) >= 11 is 0. The molecule has 0 amide bonds. The number of carbonyl (C=O) groups excluding carboxylic acids is 1. The van der Waals surface area contributed by atoms with Crippen molar-refractivity contribution in [3.63, 3.8) is 0 Å². The maximum absolute atomic E-state index is 13.2. The molecular weight excluding hydrogens is 440 g/mol. The average Bonchev–Trinajstić information content (AvgIpc) is 2.86. The number of para-hydroxylation sites is 1. The minimum atomic E-state index is -3.73. The van der Waals surface area contributed by atoms with Crippen LogP contribution in [0.4, 0.5) is 5.69 Å². The Balaban J connectivity index is 1.35. The molecule has 33 heavy (non-hydrogen) atoms. The first kappa shape index (κ1) is 22.4. The highest BCUT2D eigenvalue weighted by atomic mass is 32.2. The summed E-state index contributed by atoms with van der Waals surface area (Å²) in [5.74, 6) is 0.00425. The van der Waals surface area contributed by atoms with Crippen LogP contribution in [0.15, 0.2) is 77.7 Å². The Morgan fingerprint density at radius 2 is 1.70 bits per heavy atom. The maximum Gasteiger partial charge on any atom is 0.338 e. The number of rotatable bonds is 7. The van der Waals surface area contributed by atoms with E-state index in [4.69, 9.17) is 14.7 Å². The van der Waals surface area contributed by atoms with Crippen LogP contribution < -0.4 is 9.04 Å². The van der Waals surface area contributed by atoms with Gasteiger partial charge in [0.15, 0.2) is 0 Å². The lowest BCUT2D eigenvalue weighted by molar-refractivity contribution is 0.0450. The molecule has 0 fully saturated rings. The van der Waals surface area contributed by atoms with Crippen LogP contribution in [-0.2, 0) is 21.2 Å². The predicted molar refractivity (Wildman–Crippen MR) is 123 cm³/mol. The molecule has 168 valence electrons. The summed E-state index contributed by atoms with van der Waals surface area (Å²) in [6, 6.07) is 21.9. The van der Waals surface area contributed by atoms with E-state index >= 15 is 0 Å². The largest absolute Gasteiger partial charge is 0.490 e. The number of hydrogen-bond acceptors (Lipinski definition) is 6. The zero-order chi connectivity index (χ0) is 23.3. The number of anilines is 1. The number of ether oxygens (including phenoxy) is 2. The Bertz CT molecular complexity index is 1280. The number of hydrogen-bond donors (Lipinski definition) is 0. The van der Waals surface area contributed by atoms with Gasteiger partial charge in [0, 0.05) is 6.54 Å². The van der Waals surface area contributed by atoms with Crippen molar-refractivity contribution in [1.29, 1.82) is 5.26 Å². The predicted octanol–water partition coefficient (Wildman–Crippen LogP) is 3.94. The fourth-order valence-electron chi connectivity index (χ4n) is 3.64. The van der Waals surface area contributed by atoms with E-state index in [1.807, 2.05) is 30.3 Å². The molecule has 3 aromatic carbocycles. The molecule has 1 aliphatic heterocycles. The normalized spacial score (nSPS) is 13.0. The molecule has 0 aliphatic carbocycles. The van der Waals surface area contributed by atoms with Gasteiger partial charge in [-0.25, -0.2) is 13.2 Å². The van der Waals surface area contributed by atoms with Gasteiger partial charge in [-0.1, -0.05) is 18.2 Å². The second-order valence-electron chi connectivity index (χ2n) is 7.45. The maximum atomic E-state index is 13.2. The van der Waals surface area contributed by atoms with Gasteiger partial charge in [-0.2, -0.15) is 5.26 Å². The van der Waals surface area contributed by atoms with E-state index in [1.165, 1.54) is 28.6 Å². The molecule has 0 N–H and O–H groups in total. The lowest BCUT2D eigenvalue weighted by atomic mass is 10.0. The molecule has 0 bridgehead atoms. The highest BCUT2D eigenvalue weighted by Crippen LogP contribution is 2.31. The van der Waals surface area contributed by atoms with Gasteiger partial charge in [0.05, 0.1) is 27.8 Å². The first-order valence-electron chi connectivity index (χ1n) is 10.5. The Morgan fingerprint density at radius 1 is 0.970 bits per heavy atom. The number of benzene rings is 3. The highest BCUT2D eigenvalue weighted by Gasteiger charge is 2.29. The van der Waals surface area contributed by atoms with Crippen LogP contribution in [0.3, 0.4) is 0 Å². The van der Waals surface area contributed by atoms with Crippen molar-refractivity contribution in [1.82, 2.24) is 0 Å². The van der Waals surface area contributed by atoms with E-state index in [0.29, 0.717) is 23.5 Å². The van der Waals surface area contributed by atoms with E-state index < -0.39 is 16.0 Å².